The molecule has 2 aromatic carbocycles. The summed E-state index contributed by atoms with van der Waals surface area (Å²) in [7, 11) is 1.54. The van der Waals surface area contributed by atoms with Crippen LogP contribution in [0.15, 0.2) is 48.5 Å². The summed E-state index contributed by atoms with van der Waals surface area (Å²) in [4.78, 5) is 34.7. The number of hydrogen-bond donors (Lipinski definition) is 1. The molecule has 0 radical (unpaired) electrons. The summed E-state index contributed by atoms with van der Waals surface area (Å²) in [6, 6.07) is 12.6. The highest BCUT2D eigenvalue weighted by Crippen LogP contribution is 2.38. The molecule has 1 aliphatic heterocycles. The van der Waals surface area contributed by atoms with E-state index in [9.17, 15) is 19.7 Å². The van der Waals surface area contributed by atoms with Gasteiger partial charge in [-0.2, -0.15) is 0 Å². The maximum absolute atomic E-state index is 12.2. The molecule has 0 aliphatic carbocycles. The van der Waals surface area contributed by atoms with E-state index in [2.05, 4.69) is 5.32 Å². The van der Waals surface area contributed by atoms with Crippen molar-refractivity contribution in [3.63, 3.8) is 0 Å². The molecule has 1 N–H and O–H groups in total. The molecule has 1 fully saturated rings. The molecule has 7 heteroatoms. The standard InChI is InChI=1S/C17H14N2O5/c1-24-13-8-4-11(5-9-13)15-14(16(20)18-17(15)21)10-2-6-12(7-3-10)19(22)23/h2-9,14-15H,1H3,(H,18,20,21). The molecule has 24 heavy (non-hydrogen) atoms. The molecule has 0 bridgehead atoms. The lowest BCUT2D eigenvalue weighted by molar-refractivity contribution is -0.384. The van der Waals surface area contributed by atoms with E-state index in [0.29, 0.717) is 16.9 Å². The largest absolute Gasteiger partial charge is 0.497 e. The van der Waals surface area contributed by atoms with E-state index in [0.717, 1.165) is 0 Å². The number of rotatable bonds is 4. The third kappa shape index (κ3) is 2.71. The van der Waals surface area contributed by atoms with Crippen molar-refractivity contribution in [2.75, 3.05) is 7.11 Å². The van der Waals surface area contributed by atoms with Gasteiger partial charge in [0.2, 0.25) is 11.8 Å². The summed E-state index contributed by atoms with van der Waals surface area (Å²) < 4.78 is 5.10. The number of nitro groups is 1. The van der Waals surface area contributed by atoms with Crippen molar-refractivity contribution in [3.8, 4) is 5.75 Å². The molecule has 0 aromatic heterocycles. The maximum atomic E-state index is 12.2. The van der Waals surface area contributed by atoms with Crippen LogP contribution in [0.25, 0.3) is 0 Å². The minimum absolute atomic E-state index is 0.0653. The predicted octanol–water partition coefficient (Wildman–Crippen LogP) is 2.13. The molecule has 2 unspecified atom stereocenters. The third-order valence-electron chi connectivity index (χ3n) is 4.08. The zero-order valence-corrected chi connectivity index (χ0v) is 12.8. The normalized spacial score (nSPS) is 19.9. The molecule has 0 saturated carbocycles. The number of amides is 2. The van der Waals surface area contributed by atoms with Gasteiger partial charge in [0.1, 0.15) is 5.75 Å². The average molecular weight is 326 g/mol. The first-order valence-corrected chi connectivity index (χ1v) is 7.24. The van der Waals surface area contributed by atoms with E-state index in [4.69, 9.17) is 4.74 Å². The van der Waals surface area contributed by atoms with Crippen LogP contribution in [-0.2, 0) is 9.59 Å². The summed E-state index contributed by atoms with van der Waals surface area (Å²) in [5.41, 5.74) is 1.18. The SMILES string of the molecule is COc1ccc(C2C(=O)NC(=O)C2c2ccc([N+](=O)[O-])cc2)cc1. The van der Waals surface area contributed by atoms with Crippen LogP contribution in [0.5, 0.6) is 5.75 Å². The van der Waals surface area contributed by atoms with Gasteiger partial charge in [-0.1, -0.05) is 24.3 Å². The minimum Gasteiger partial charge on any atom is -0.497 e. The Morgan fingerprint density at radius 2 is 1.38 bits per heavy atom. The van der Waals surface area contributed by atoms with Crippen LogP contribution in [0.4, 0.5) is 5.69 Å². The number of carbonyl (C=O) groups excluding carboxylic acids is 2. The number of methoxy groups -OCH3 is 1. The second-order valence-electron chi connectivity index (χ2n) is 5.43. The molecule has 7 nitrogen and oxygen atoms in total. The molecule has 1 saturated heterocycles. The molecule has 2 amide bonds. The van der Waals surface area contributed by atoms with Crippen molar-refractivity contribution in [1.82, 2.24) is 5.32 Å². The molecule has 3 rings (SSSR count). The summed E-state index contributed by atoms with van der Waals surface area (Å²) in [5.74, 6) is -1.53. The second-order valence-corrected chi connectivity index (χ2v) is 5.43. The van der Waals surface area contributed by atoms with Gasteiger partial charge in [-0.15, -0.1) is 0 Å². The van der Waals surface area contributed by atoms with Crippen LogP contribution in [-0.4, -0.2) is 23.8 Å². The Morgan fingerprint density at radius 1 is 0.917 bits per heavy atom. The molecule has 2 atom stereocenters. The van der Waals surface area contributed by atoms with Gasteiger partial charge in [-0.05, 0) is 23.3 Å². The molecule has 0 spiro atoms. The fourth-order valence-corrected chi connectivity index (χ4v) is 2.88. The molecule has 122 valence electrons. The van der Waals surface area contributed by atoms with Crippen LogP contribution in [0.1, 0.15) is 23.0 Å². The Bertz CT molecular complexity index is 799. The number of nitrogens with one attached hydrogen (secondary N) is 1. The van der Waals surface area contributed by atoms with Gasteiger partial charge in [0.25, 0.3) is 5.69 Å². The number of non-ortho nitro benzene ring substituents is 1. The smallest absolute Gasteiger partial charge is 0.269 e. The Kier molecular flexibility index (Phi) is 3.99. The van der Waals surface area contributed by atoms with Crippen LogP contribution in [0.3, 0.4) is 0 Å². The van der Waals surface area contributed by atoms with E-state index < -0.39 is 22.7 Å². The van der Waals surface area contributed by atoms with E-state index in [1.807, 2.05) is 0 Å². The van der Waals surface area contributed by atoms with E-state index >= 15 is 0 Å². The quantitative estimate of drug-likeness (QED) is 0.527. The average Bonchev–Trinajstić information content (AvgIpc) is 2.89. The highest BCUT2D eigenvalue weighted by Gasteiger charge is 2.43. The number of carbonyl (C=O) groups is 2. The lowest BCUT2D eigenvalue weighted by Gasteiger charge is -2.16. The fourth-order valence-electron chi connectivity index (χ4n) is 2.88. The molecule has 1 aliphatic rings. The van der Waals surface area contributed by atoms with Crippen molar-refractivity contribution in [1.29, 1.82) is 0 Å². The number of nitrogens with zero attached hydrogens (tertiary/aromatic N) is 1. The molecular formula is C17H14N2O5. The van der Waals surface area contributed by atoms with Gasteiger partial charge in [-0.25, -0.2) is 0 Å². The molecule has 2 aromatic rings. The van der Waals surface area contributed by atoms with Gasteiger partial charge in [-0.3, -0.25) is 25.0 Å². The van der Waals surface area contributed by atoms with Crippen LogP contribution < -0.4 is 10.1 Å². The Morgan fingerprint density at radius 3 is 1.79 bits per heavy atom. The van der Waals surface area contributed by atoms with Crippen LogP contribution in [0.2, 0.25) is 0 Å². The zero-order valence-electron chi connectivity index (χ0n) is 12.8. The van der Waals surface area contributed by atoms with E-state index in [1.165, 1.54) is 24.3 Å². The van der Waals surface area contributed by atoms with Gasteiger partial charge >= 0.3 is 0 Å². The monoisotopic (exact) mass is 326 g/mol. The van der Waals surface area contributed by atoms with Crippen molar-refractivity contribution in [2.24, 2.45) is 0 Å². The highest BCUT2D eigenvalue weighted by atomic mass is 16.6. The van der Waals surface area contributed by atoms with Gasteiger partial charge < -0.3 is 4.74 Å². The number of imide groups is 1. The first-order chi connectivity index (χ1) is 11.5. The summed E-state index contributed by atoms with van der Waals surface area (Å²) >= 11 is 0. The molecule has 1 heterocycles. The number of ether oxygens (including phenoxy) is 1. The lowest BCUT2D eigenvalue weighted by atomic mass is 9.83. The second kappa shape index (κ2) is 6.11. The van der Waals surface area contributed by atoms with E-state index in [-0.39, 0.29) is 11.6 Å². The maximum Gasteiger partial charge on any atom is 0.269 e. The first kappa shape index (κ1) is 15.7. The lowest BCUT2D eigenvalue weighted by Crippen LogP contribution is -2.21. The summed E-state index contributed by atoms with van der Waals surface area (Å²) in [6.45, 7) is 0. The van der Waals surface area contributed by atoms with Crippen molar-refractivity contribution in [2.45, 2.75) is 11.8 Å². The third-order valence-corrected chi connectivity index (χ3v) is 4.08. The first-order valence-electron chi connectivity index (χ1n) is 7.24. The number of benzene rings is 2. The predicted molar refractivity (Wildman–Crippen MR) is 84.7 cm³/mol. The summed E-state index contributed by atoms with van der Waals surface area (Å²) in [5, 5.41) is 13.1. The van der Waals surface area contributed by atoms with Crippen molar-refractivity contribution < 1.29 is 19.2 Å². The number of hydrogen-bond acceptors (Lipinski definition) is 5. The highest BCUT2D eigenvalue weighted by molar-refractivity contribution is 6.10. The fraction of sp³-hybridized carbons (Fsp3) is 0.176. The van der Waals surface area contributed by atoms with Crippen LogP contribution >= 0.6 is 0 Å². The Labute approximate surface area is 137 Å². The van der Waals surface area contributed by atoms with Crippen LogP contribution in [0, 0.1) is 10.1 Å². The van der Waals surface area contributed by atoms with Gasteiger partial charge in [0.05, 0.1) is 23.9 Å². The molecular weight excluding hydrogens is 312 g/mol. The number of nitro benzene ring substituents is 1. The van der Waals surface area contributed by atoms with Crippen molar-refractivity contribution in [3.05, 3.63) is 69.8 Å². The van der Waals surface area contributed by atoms with Crippen molar-refractivity contribution >= 4 is 17.5 Å². The van der Waals surface area contributed by atoms with Gasteiger partial charge in [0, 0.05) is 12.1 Å². The summed E-state index contributed by atoms with van der Waals surface area (Å²) in [6.07, 6.45) is 0. The van der Waals surface area contributed by atoms with E-state index in [1.54, 1.807) is 31.4 Å². The Hall–Kier alpha value is -3.22. The topological polar surface area (TPSA) is 98.5 Å². The zero-order chi connectivity index (χ0) is 17.3. The van der Waals surface area contributed by atoms with Gasteiger partial charge in [0.15, 0.2) is 0 Å². The Balaban J connectivity index is 1.98. The minimum atomic E-state index is -0.716.